The van der Waals surface area contributed by atoms with Gasteiger partial charge in [-0.15, -0.1) is 11.3 Å². The molecule has 0 unspecified atom stereocenters. The van der Waals surface area contributed by atoms with Crippen molar-refractivity contribution in [3.05, 3.63) is 68.5 Å². The molecule has 0 spiro atoms. The second kappa shape index (κ2) is 9.46. The molecular weight excluding hydrogens is 416 g/mol. The van der Waals surface area contributed by atoms with E-state index in [1.54, 1.807) is 18.6 Å². The van der Waals surface area contributed by atoms with Crippen LogP contribution >= 0.6 is 22.9 Å². The van der Waals surface area contributed by atoms with Crippen LogP contribution in [0.4, 0.5) is 16.5 Å². The fraction of sp³-hybridized carbons (Fsp3) is 0.158. The largest absolute Gasteiger partial charge is 0.383 e. The maximum atomic E-state index is 12.8. The Hall–Kier alpha value is -3.01. The highest BCUT2D eigenvalue weighted by Gasteiger charge is 2.18. The number of hydrogen-bond donors (Lipinski definition) is 2. The number of carbonyl (C=O) groups excluding carboxylic acids is 1. The summed E-state index contributed by atoms with van der Waals surface area (Å²) in [5, 5.41) is 19.5. The van der Waals surface area contributed by atoms with Crippen LogP contribution in [0.1, 0.15) is 10.4 Å². The van der Waals surface area contributed by atoms with Crippen LogP contribution in [0.15, 0.2) is 47.8 Å². The summed E-state index contributed by atoms with van der Waals surface area (Å²) in [6.07, 6.45) is 0. The van der Waals surface area contributed by atoms with E-state index in [1.165, 1.54) is 29.5 Å². The van der Waals surface area contributed by atoms with Gasteiger partial charge in [-0.2, -0.15) is 0 Å². The van der Waals surface area contributed by atoms with E-state index in [4.69, 9.17) is 16.3 Å². The van der Waals surface area contributed by atoms with Gasteiger partial charge in [-0.25, -0.2) is 4.98 Å². The Bertz CT molecular complexity index is 1040. The van der Waals surface area contributed by atoms with E-state index in [0.717, 1.165) is 5.56 Å². The minimum atomic E-state index is -0.547. The zero-order valence-electron chi connectivity index (χ0n) is 15.3. The number of hydrogen-bond acceptors (Lipinski definition) is 7. The van der Waals surface area contributed by atoms with Gasteiger partial charge in [0, 0.05) is 47.4 Å². The average molecular weight is 433 g/mol. The van der Waals surface area contributed by atoms with E-state index in [2.05, 4.69) is 15.6 Å². The van der Waals surface area contributed by atoms with Gasteiger partial charge < -0.3 is 10.1 Å². The third-order valence-electron chi connectivity index (χ3n) is 3.95. The summed E-state index contributed by atoms with van der Waals surface area (Å²) in [5.74, 6) is -0.506. The maximum absolute atomic E-state index is 12.8. The lowest BCUT2D eigenvalue weighted by Gasteiger charge is -2.11. The number of rotatable bonds is 8. The Morgan fingerprint density at radius 3 is 2.83 bits per heavy atom. The molecule has 8 nitrogen and oxygen atoms in total. The summed E-state index contributed by atoms with van der Waals surface area (Å²) < 4.78 is 4.99. The number of nitro benzene ring substituents is 1. The highest BCUT2D eigenvalue weighted by Crippen LogP contribution is 2.31. The lowest BCUT2D eigenvalue weighted by Crippen LogP contribution is -2.16. The maximum Gasteiger partial charge on any atom is 0.270 e. The first-order chi connectivity index (χ1) is 14.0. The Morgan fingerprint density at radius 1 is 1.31 bits per heavy atom. The molecule has 1 amide bonds. The normalized spacial score (nSPS) is 10.6. The molecule has 0 saturated carbocycles. The number of methoxy groups -OCH3 is 1. The number of halogens is 1. The van der Waals surface area contributed by atoms with E-state index >= 15 is 0 Å². The average Bonchev–Trinajstić information content (AvgIpc) is 3.16. The second-order valence-corrected chi connectivity index (χ2v) is 7.14. The topological polar surface area (TPSA) is 106 Å². The van der Waals surface area contributed by atoms with Gasteiger partial charge in [-0.05, 0) is 12.1 Å². The van der Waals surface area contributed by atoms with Crippen molar-refractivity contribution in [2.45, 2.75) is 0 Å². The van der Waals surface area contributed by atoms with E-state index < -0.39 is 10.8 Å². The molecule has 150 valence electrons. The number of thiazole rings is 1. The standard InChI is InChI=1S/C19H17ClN4O4S/c1-28-9-8-21-16-7-6-12(24(26)27)10-14(16)18(25)23-19-22-17(11-29-19)13-4-2-3-5-15(13)20/h2-7,10-11,21H,8-9H2,1H3,(H,22,23,25). The van der Waals surface area contributed by atoms with Crippen molar-refractivity contribution in [3.8, 4) is 11.3 Å². The van der Waals surface area contributed by atoms with Crippen molar-refractivity contribution in [2.24, 2.45) is 0 Å². The van der Waals surface area contributed by atoms with Crippen LogP contribution in [0.25, 0.3) is 11.3 Å². The quantitative estimate of drug-likeness (QED) is 0.304. The number of carbonyl (C=O) groups is 1. The Balaban J connectivity index is 1.83. The fourth-order valence-corrected chi connectivity index (χ4v) is 3.50. The molecular formula is C19H17ClN4O4S. The summed E-state index contributed by atoms with van der Waals surface area (Å²) >= 11 is 7.43. The molecule has 1 aromatic heterocycles. The number of nitro groups is 1. The summed E-state index contributed by atoms with van der Waals surface area (Å²) in [5.41, 5.74) is 1.82. The van der Waals surface area contributed by atoms with Crippen molar-refractivity contribution in [1.82, 2.24) is 4.98 Å². The van der Waals surface area contributed by atoms with Crippen LogP contribution in [-0.2, 0) is 4.74 Å². The first kappa shape index (κ1) is 20.7. The van der Waals surface area contributed by atoms with Gasteiger partial charge in [0.1, 0.15) is 0 Å². The molecule has 3 rings (SSSR count). The number of nitrogens with one attached hydrogen (secondary N) is 2. The number of ether oxygens (including phenoxy) is 1. The molecule has 2 aromatic carbocycles. The molecule has 10 heteroatoms. The Morgan fingerprint density at radius 2 is 2.10 bits per heavy atom. The second-order valence-electron chi connectivity index (χ2n) is 5.88. The SMILES string of the molecule is COCCNc1ccc([N+](=O)[O-])cc1C(=O)Nc1nc(-c2ccccc2Cl)cs1. The van der Waals surface area contributed by atoms with E-state index in [9.17, 15) is 14.9 Å². The predicted octanol–water partition coefficient (Wildman–Crippen LogP) is 4.68. The zero-order chi connectivity index (χ0) is 20.8. The minimum Gasteiger partial charge on any atom is -0.383 e. The molecule has 0 radical (unpaired) electrons. The van der Waals surface area contributed by atoms with Crippen LogP contribution in [0.2, 0.25) is 5.02 Å². The molecule has 2 N–H and O–H groups in total. The molecule has 0 aliphatic rings. The summed E-state index contributed by atoms with van der Waals surface area (Å²) in [6.45, 7) is 0.869. The highest BCUT2D eigenvalue weighted by molar-refractivity contribution is 7.14. The van der Waals surface area contributed by atoms with Gasteiger partial charge in [-0.1, -0.05) is 29.8 Å². The molecule has 0 atom stereocenters. The Labute approximate surface area is 175 Å². The highest BCUT2D eigenvalue weighted by atomic mass is 35.5. The molecule has 1 heterocycles. The number of aromatic nitrogens is 1. The number of benzene rings is 2. The van der Waals surface area contributed by atoms with Gasteiger partial charge in [-0.3, -0.25) is 20.2 Å². The summed E-state index contributed by atoms with van der Waals surface area (Å²) in [7, 11) is 1.56. The predicted molar refractivity (Wildman–Crippen MR) is 114 cm³/mol. The number of non-ortho nitro benzene ring substituents is 1. The Kier molecular flexibility index (Phi) is 6.76. The smallest absolute Gasteiger partial charge is 0.270 e. The van der Waals surface area contributed by atoms with Crippen molar-refractivity contribution < 1.29 is 14.5 Å². The first-order valence-corrected chi connectivity index (χ1v) is 9.78. The molecule has 0 saturated heterocycles. The first-order valence-electron chi connectivity index (χ1n) is 8.52. The summed E-state index contributed by atoms with van der Waals surface area (Å²) in [6, 6.07) is 11.3. The van der Waals surface area contributed by atoms with Crippen molar-refractivity contribution in [1.29, 1.82) is 0 Å². The molecule has 0 aliphatic carbocycles. The number of amides is 1. The van der Waals surface area contributed by atoms with Crippen molar-refractivity contribution >= 4 is 45.4 Å². The molecule has 3 aromatic rings. The van der Waals surface area contributed by atoms with Crippen molar-refractivity contribution in [2.75, 3.05) is 30.9 Å². The van der Waals surface area contributed by atoms with Crippen molar-refractivity contribution in [3.63, 3.8) is 0 Å². The third-order valence-corrected chi connectivity index (χ3v) is 5.04. The van der Waals surface area contributed by atoms with E-state index in [-0.39, 0.29) is 11.3 Å². The van der Waals surface area contributed by atoms with Crippen LogP contribution in [0.5, 0.6) is 0 Å². The molecule has 0 bridgehead atoms. The van der Waals surface area contributed by atoms with E-state index in [1.807, 2.05) is 18.2 Å². The zero-order valence-corrected chi connectivity index (χ0v) is 16.9. The molecule has 29 heavy (non-hydrogen) atoms. The monoisotopic (exact) mass is 432 g/mol. The van der Waals surface area contributed by atoms with Gasteiger partial charge in [0.2, 0.25) is 0 Å². The van der Waals surface area contributed by atoms with Crippen LogP contribution in [0.3, 0.4) is 0 Å². The van der Waals surface area contributed by atoms with Gasteiger partial charge in [0.15, 0.2) is 5.13 Å². The fourth-order valence-electron chi connectivity index (χ4n) is 2.56. The lowest BCUT2D eigenvalue weighted by atomic mass is 10.1. The number of nitrogens with zero attached hydrogens (tertiary/aromatic N) is 2. The molecule has 0 aliphatic heterocycles. The van der Waals surface area contributed by atoms with Crippen LogP contribution in [0, 0.1) is 10.1 Å². The third kappa shape index (κ3) is 5.08. The minimum absolute atomic E-state index is 0.143. The van der Waals surface area contributed by atoms with Gasteiger partial charge in [0.05, 0.1) is 22.8 Å². The van der Waals surface area contributed by atoms with Crippen LogP contribution < -0.4 is 10.6 Å². The van der Waals surface area contributed by atoms with Gasteiger partial charge >= 0.3 is 0 Å². The van der Waals surface area contributed by atoms with Gasteiger partial charge in [0.25, 0.3) is 11.6 Å². The van der Waals surface area contributed by atoms with Crippen LogP contribution in [-0.4, -0.2) is 36.1 Å². The summed E-state index contributed by atoms with van der Waals surface area (Å²) in [4.78, 5) is 27.7. The van der Waals surface area contributed by atoms with E-state index in [0.29, 0.717) is 34.7 Å². The molecule has 0 fully saturated rings. The lowest BCUT2D eigenvalue weighted by molar-refractivity contribution is -0.384. The number of anilines is 2.